The second-order valence-corrected chi connectivity index (χ2v) is 9.88. The van der Waals surface area contributed by atoms with Crippen molar-refractivity contribution in [1.82, 2.24) is 0 Å². The number of hydrogen-bond acceptors (Lipinski definition) is 5. The van der Waals surface area contributed by atoms with Crippen LogP contribution in [0.4, 0.5) is 5.69 Å². The van der Waals surface area contributed by atoms with Crippen molar-refractivity contribution in [3.05, 3.63) is 76.8 Å². The third kappa shape index (κ3) is 4.98. The third-order valence-corrected chi connectivity index (χ3v) is 6.72. The number of aryl methyl sites for hydroxylation is 1. The van der Waals surface area contributed by atoms with Gasteiger partial charge in [-0.05, 0) is 61.0 Å². The summed E-state index contributed by atoms with van der Waals surface area (Å²) in [6.07, 6.45) is 0.278. The van der Waals surface area contributed by atoms with E-state index < -0.39 is 10.0 Å². The number of carbonyl (C=O) groups is 1. The highest BCUT2D eigenvalue weighted by atomic mass is 35.5. The summed E-state index contributed by atoms with van der Waals surface area (Å²) in [5, 5.41) is 5.68. The zero-order valence-electron chi connectivity index (χ0n) is 18.1. The van der Waals surface area contributed by atoms with Crippen molar-refractivity contribution >= 4 is 33.2 Å². The van der Waals surface area contributed by atoms with Crippen LogP contribution >= 0.6 is 11.6 Å². The Bertz CT molecular complexity index is 1310. The second kappa shape index (κ2) is 9.05. The molecule has 172 valence electrons. The molecule has 1 atom stereocenters. The molecule has 1 fully saturated rings. The molecule has 0 aliphatic carbocycles. The first-order valence-electron chi connectivity index (χ1n) is 10.2. The lowest BCUT2D eigenvalue weighted by Crippen LogP contribution is -2.24. The second-order valence-electron chi connectivity index (χ2n) is 7.88. The van der Waals surface area contributed by atoms with E-state index in [2.05, 4.69) is 0 Å². The van der Waals surface area contributed by atoms with Crippen molar-refractivity contribution in [2.75, 3.05) is 18.6 Å². The Hall–Kier alpha value is -3.07. The summed E-state index contributed by atoms with van der Waals surface area (Å²) in [6.45, 7) is 2.37. The van der Waals surface area contributed by atoms with Crippen LogP contribution in [0.3, 0.4) is 0 Å². The molecule has 7 nitrogen and oxygen atoms in total. The van der Waals surface area contributed by atoms with Crippen molar-refractivity contribution in [2.24, 2.45) is 5.14 Å². The fourth-order valence-electron chi connectivity index (χ4n) is 3.90. The predicted molar refractivity (Wildman–Crippen MR) is 127 cm³/mol. The van der Waals surface area contributed by atoms with E-state index in [1.54, 1.807) is 36.3 Å². The fourth-order valence-corrected chi connectivity index (χ4v) is 4.57. The molecule has 4 rings (SSSR count). The molecule has 0 bridgehead atoms. The molecular weight excluding hydrogens is 464 g/mol. The molecule has 9 heteroatoms. The maximum Gasteiger partial charge on any atom is 0.238 e. The highest BCUT2D eigenvalue weighted by Crippen LogP contribution is 2.41. The average Bonchev–Trinajstić information content (AvgIpc) is 3.15. The quantitative estimate of drug-likeness (QED) is 0.548. The molecule has 0 radical (unpaired) electrons. The van der Waals surface area contributed by atoms with Gasteiger partial charge in [-0.15, -0.1) is 0 Å². The zero-order chi connectivity index (χ0) is 23.8. The van der Waals surface area contributed by atoms with Crippen molar-refractivity contribution in [1.29, 1.82) is 0 Å². The molecule has 0 unspecified atom stereocenters. The van der Waals surface area contributed by atoms with E-state index in [9.17, 15) is 13.2 Å². The number of nitrogens with zero attached hydrogens (tertiary/aromatic N) is 1. The SMILES string of the molecule is COc1ccc(C)cc1Oc1cc(Cl)ccc1[C@H]1CC(=O)N(c2ccc(S(N)(=O)=O)cc2)C1. The Morgan fingerprint density at radius 1 is 1.00 bits per heavy atom. The summed E-state index contributed by atoms with van der Waals surface area (Å²) in [5.41, 5.74) is 2.46. The molecule has 2 N–H and O–H groups in total. The van der Waals surface area contributed by atoms with Gasteiger partial charge >= 0.3 is 0 Å². The number of nitrogens with two attached hydrogens (primary N) is 1. The molecule has 33 heavy (non-hydrogen) atoms. The number of carbonyl (C=O) groups excluding carboxylic acids is 1. The van der Waals surface area contributed by atoms with Crippen LogP contribution in [-0.4, -0.2) is 28.0 Å². The normalized spacial score (nSPS) is 16.2. The smallest absolute Gasteiger partial charge is 0.238 e. The van der Waals surface area contributed by atoms with Crippen molar-refractivity contribution in [3.63, 3.8) is 0 Å². The van der Waals surface area contributed by atoms with E-state index in [1.807, 2.05) is 31.2 Å². The van der Waals surface area contributed by atoms with Gasteiger partial charge in [-0.2, -0.15) is 0 Å². The lowest BCUT2D eigenvalue weighted by molar-refractivity contribution is -0.117. The topological polar surface area (TPSA) is 98.9 Å². The van der Waals surface area contributed by atoms with Gasteiger partial charge < -0.3 is 14.4 Å². The van der Waals surface area contributed by atoms with Crippen molar-refractivity contribution < 1.29 is 22.7 Å². The van der Waals surface area contributed by atoms with Crippen LogP contribution in [0.15, 0.2) is 65.6 Å². The number of hydrogen-bond donors (Lipinski definition) is 1. The standard InChI is InChI=1S/C24H23ClN2O5S/c1-15-3-10-21(31-2)23(11-15)32-22-13-17(25)4-9-20(22)16-12-24(28)27(14-16)18-5-7-19(8-6-18)33(26,29)30/h3-11,13,16H,12,14H2,1-2H3,(H2,26,29,30)/t16-/m0/s1. The third-order valence-electron chi connectivity index (χ3n) is 5.56. The minimum atomic E-state index is -3.80. The summed E-state index contributed by atoms with van der Waals surface area (Å²) >= 11 is 6.25. The van der Waals surface area contributed by atoms with Gasteiger partial charge in [0.2, 0.25) is 15.9 Å². The minimum absolute atomic E-state index is 0.00469. The van der Waals surface area contributed by atoms with Gasteiger partial charge in [0.25, 0.3) is 0 Å². The van der Waals surface area contributed by atoms with Gasteiger partial charge in [0.05, 0.1) is 12.0 Å². The average molecular weight is 487 g/mol. The molecule has 1 amide bonds. The Labute approximate surface area is 197 Å². The number of sulfonamides is 1. The van der Waals surface area contributed by atoms with Crippen LogP contribution < -0.4 is 19.5 Å². The van der Waals surface area contributed by atoms with Crippen LogP contribution in [0.1, 0.15) is 23.5 Å². The Morgan fingerprint density at radius 2 is 1.73 bits per heavy atom. The van der Waals surface area contributed by atoms with E-state index in [-0.39, 0.29) is 23.1 Å². The van der Waals surface area contributed by atoms with Crippen LogP contribution in [0, 0.1) is 6.92 Å². The maximum atomic E-state index is 12.8. The van der Waals surface area contributed by atoms with E-state index in [0.717, 1.165) is 11.1 Å². The summed E-state index contributed by atoms with van der Waals surface area (Å²) in [6, 6.07) is 17.0. The van der Waals surface area contributed by atoms with E-state index in [1.165, 1.54) is 12.1 Å². The highest BCUT2D eigenvalue weighted by molar-refractivity contribution is 7.89. The molecular formula is C24H23ClN2O5S. The molecule has 1 aliphatic rings. The molecule has 0 aromatic heterocycles. The van der Waals surface area contributed by atoms with Gasteiger partial charge in [-0.3, -0.25) is 4.79 Å². The molecule has 0 saturated carbocycles. The monoisotopic (exact) mass is 486 g/mol. The lowest BCUT2D eigenvalue weighted by atomic mass is 9.97. The molecule has 3 aromatic carbocycles. The van der Waals surface area contributed by atoms with Crippen LogP contribution in [-0.2, 0) is 14.8 Å². The van der Waals surface area contributed by atoms with Gasteiger partial charge in [0, 0.05) is 35.2 Å². The first kappa shape index (κ1) is 23.1. The first-order chi connectivity index (χ1) is 15.7. The maximum absolute atomic E-state index is 12.8. The van der Waals surface area contributed by atoms with Gasteiger partial charge in [-0.1, -0.05) is 23.7 Å². The van der Waals surface area contributed by atoms with Gasteiger partial charge in [0.15, 0.2) is 11.5 Å². The minimum Gasteiger partial charge on any atom is -0.493 e. The van der Waals surface area contributed by atoms with Gasteiger partial charge in [-0.25, -0.2) is 13.6 Å². The Kier molecular flexibility index (Phi) is 6.34. The van der Waals surface area contributed by atoms with Crippen LogP contribution in [0.2, 0.25) is 5.02 Å². The summed E-state index contributed by atoms with van der Waals surface area (Å²) < 4.78 is 34.7. The van der Waals surface area contributed by atoms with E-state index in [0.29, 0.717) is 34.5 Å². The number of halogens is 1. The largest absolute Gasteiger partial charge is 0.493 e. The fraction of sp³-hybridized carbons (Fsp3) is 0.208. The summed E-state index contributed by atoms with van der Waals surface area (Å²) in [7, 11) is -2.23. The predicted octanol–water partition coefficient (Wildman–Crippen LogP) is 4.62. The number of amides is 1. The van der Waals surface area contributed by atoms with Gasteiger partial charge in [0.1, 0.15) is 5.75 Å². The number of rotatable bonds is 6. The highest BCUT2D eigenvalue weighted by Gasteiger charge is 2.33. The lowest BCUT2D eigenvalue weighted by Gasteiger charge is -2.19. The molecule has 1 heterocycles. The van der Waals surface area contributed by atoms with Crippen LogP contribution in [0.25, 0.3) is 0 Å². The van der Waals surface area contributed by atoms with E-state index >= 15 is 0 Å². The first-order valence-corrected chi connectivity index (χ1v) is 12.1. The van der Waals surface area contributed by atoms with Crippen molar-refractivity contribution in [2.45, 2.75) is 24.2 Å². The van der Waals surface area contributed by atoms with Crippen LogP contribution in [0.5, 0.6) is 17.2 Å². The number of primary sulfonamides is 1. The number of ether oxygens (including phenoxy) is 2. The Morgan fingerprint density at radius 3 is 2.39 bits per heavy atom. The summed E-state index contributed by atoms with van der Waals surface area (Å²) in [4.78, 5) is 14.4. The Balaban J connectivity index is 1.63. The van der Waals surface area contributed by atoms with E-state index in [4.69, 9.17) is 26.2 Å². The number of anilines is 1. The molecule has 1 aliphatic heterocycles. The molecule has 3 aromatic rings. The van der Waals surface area contributed by atoms with Crippen molar-refractivity contribution in [3.8, 4) is 17.2 Å². The number of methoxy groups -OCH3 is 1. The zero-order valence-corrected chi connectivity index (χ0v) is 19.7. The molecule has 1 saturated heterocycles. The number of benzene rings is 3. The summed E-state index contributed by atoms with van der Waals surface area (Å²) in [5.74, 6) is 1.48. The molecule has 0 spiro atoms.